The second kappa shape index (κ2) is 24.7. The van der Waals surface area contributed by atoms with Gasteiger partial charge >= 0.3 is 22.2 Å². The number of nitrogens with one attached hydrogen (secondary N) is 3. The van der Waals surface area contributed by atoms with E-state index in [1.165, 1.54) is 38.8 Å². The number of carbonyl (C=O) groups excluding carboxylic acids is 4. The standard InChI is InChI=1S/C66H79N7O11S/c1-40-36-71(37-41(2)84-40)66(77)68-50-31-47-33-52(19-23-54(47)62-60(43-14-10-7-11-15-43)55-20-16-44(34-57(55)73(62)39-50)64(75)69-85(78,79)70(3)4)83-29-28-82-51-18-22-53-46(32-51)30-48(63(74)67-49-24-26-81-27-25-49)38-72-58-35-45(65(76)80-5)17-21-56(58)59(61(53)72)42-12-8-6-9-13-42/h16-23,30,32-35,40-43,49-50H,6-15,24-29,31,36-39H2,1-5H3,(H,67,74)(H,68,77)(H,69,75)/t40-,41+,50?. The number of hydrogen-bond acceptors (Lipinski definition) is 11. The highest BCUT2D eigenvalue weighted by Crippen LogP contribution is 2.49. The van der Waals surface area contributed by atoms with Gasteiger partial charge in [0.2, 0.25) is 5.91 Å². The van der Waals surface area contributed by atoms with E-state index in [0.29, 0.717) is 74.4 Å². The van der Waals surface area contributed by atoms with E-state index in [9.17, 15) is 27.6 Å². The van der Waals surface area contributed by atoms with Crippen LogP contribution >= 0.6 is 0 Å². The monoisotopic (exact) mass is 1180 g/mol. The third-order valence-electron chi connectivity index (χ3n) is 18.3. The number of morpholine rings is 1. The van der Waals surface area contributed by atoms with E-state index in [1.807, 2.05) is 61.2 Å². The summed E-state index contributed by atoms with van der Waals surface area (Å²) in [5.74, 6) is 0.571. The van der Waals surface area contributed by atoms with E-state index < -0.39 is 22.1 Å². The summed E-state index contributed by atoms with van der Waals surface area (Å²) in [6.45, 7) is 7.23. The van der Waals surface area contributed by atoms with Gasteiger partial charge in [0.25, 0.3) is 5.91 Å². The van der Waals surface area contributed by atoms with Gasteiger partial charge < -0.3 is 48.4 Å². The topological polar surface area (TPSA) is 201 Å². The lowest BCUT2D eigenvalue weighted by molar-refractivity contribution is -0.118. The number of benzene rings is 4. The van der Waals surface area contributed by atoms with Gasteiger partial charge in [-0.2, -0.15) is 12.7 Å². The predicted molar refractivity (Wildman–Crippen MR) is 326 cm³/mol. The first-order chi connectivity index (χ1) is 41.1. The Labute approximate surface area is 497 Å². The molecule has 12 rings (SSSR count). The normalized spacial score (nSPS) is 20.5. The Morgan fingerprint density at radius 3 is 1.87 bits per heavy atom. The minimum absolute atomic E-state index is 0.000862. The van der Waals surface area contributed by atoms with Crippen molar-refractivity contribution in [2.45, 2.75) is 147 Å². The van der Waals surface area contributed by atoms with Crippen molar-refractivity contribution in [3.05, 3.63) is 112 Å². The Kier molecular flexibility index (Phi) is 16.9. The van der Waals surface area contributed by atoms with Crippen molar-refractivity contribution in [3.8, 4) is 34.0 Å². The van der Waals surface area contributed by atoms with Gasteiger partial charge in [-0.1, -0.05) is 50.7 Å². The molecule has 2 aromatic heterocycles. The number of esters is 1. The van der Waals surface area contributed by atoms with Crippen molar-refractivity contribution in [1.29, 1.82) is 0 Å². The molecule has 4 aromatic carbocycles. The molecular weight excluding hydrogens is 1100 g/mol. The molecule has 4 amide bonds. The van der Waals surface area contributed by atoms with E-state index in [4.69, 9.17) is 23.7 Å². The Hall–Kier alpha value is -7.19. The van der Waals surface area contributed by atoms with Crippen molar-refractivity contribution < 1.29 is 51.3 Å². The number of hydrogen-bond donors (Lipinski definition) is 3. The van der Waals surface area contributed by atoms with Gasteiger partial charge in [-0.15, -0.1) is 0 Å². The maximum atomic E-state index is 14.5. The van der Waals surface area contributed by atoms with Crippen LogP contribution in [-0.2, 0) is 48.7 Å². The lowest BCUT2D eigenvalue weighted by Gasteiger charge is -2.36. The summed E-state index contributed by atoms with van der Waals surface area (Å²) >= 11 is 0. The number of carbonyl (C=O) groups is 4. The van der Waals surface area contributed by atoms with E-state index in [2.05, 4.69) is 48.8 Å². The van der Waals surface area contributed by atoms with Crippen molar-refractivity contribution in [1.82, 2.24) is 33.7 Å². The predicted octanol–water partition coefficient (Wildman–Crippen LogP) is 10.2. The smallest absolute Gasteiger partial charge is 0.337 e. The van der Waals surface area contributed by atoms with Crippen LogP contribution in [0.5, 0.6) is 11.5 Å². The lowest BCUT2D eigenvalue weighted by Crippen LogP contribution is -2.54. The number of urea groups is 1. The van der Waals surface area contributed by atoms with Gasteiger partial charge in [-0.3, -0.25) is 9.59 Å². The van der Waals surface area contributed by atoms with Gasteiger partial charge in [0, 0.05) is 97.1 Å². The van der Waals surface area contributed by atoms with E-state index in [-0.39, 0.29) is 60.9 Å². The maximum absolute atomic E-state index is 14.5. The molecule has 3 atom stereocenters. The average Bonchev–Trinajstić information content (AvgIpc) is 1.70. The summed E-state index contributed by atoms with van der Waals surface area (Å²) in [6.07, 6.45) is 14.7. The number of methoxy groups -OCH3 is 1. The summed E-state index contributed by atoms with van der Waals surface area (Å²) in [4.78, 5) is 57.3. The highest BCUT2D eigenvalue weighted by molar-refractivity contribution is 7.87. The fourth-order valence-corrected chi connectivity index (χ4v) is 14.7. The Morgan fingerprint density at radius 1 is 0.647 bits per heavy atom. The largest absolute Gasteiger partial charge is 0.490 e. The van der Waals surface area contributed by atoms with E-state index in [0.717, 1.165) is 130 Å². The van der Waals surface area contributed by atoms with Gasteiger partial charge in [0.15, 0.2) is 0 Å². The number of rotatable bonds is 14. The molecule has 6 aromatic rings. The zero-order chi connectivity index (χ0) is 59.1. The van der Waals surface area contributed by atoms with Crippen LogP contribution < -0.4 is 24.8 Å². The van der Waals surface area contributed by atoms with Gasteiger partial charge in [0.1, 0.15) is 24.7 Å². The van der Waals surface area contributed by atoms with Crippen molar-refractivity contribution >= 4 is 61.9 Å². The summed E-state index contributed by atoms with van der Waals surface area (Å²) < 4.78 is 63.3. The first kappa shape index (κ1) is 58.2. The Morgan fingerprint density at radius 2 is 1.24 bits per heavy atom. The molecule has 2 saturated heterocycles. The van der Waals surface area contributed by atoms with Gasteiger partial charge in [0.05, 0.1) is 48.9 Å². The Balaban J connectivity index is 0.860. The van der Waals surface area contributed by atoms with Crippen LogP contribution in [0.4, 0.5) is 4.79 Å². The molecule has 450 valence electrons. The molecule has 4 aliphatic heterocycles. The molecule has 18 nitrogen and oxygen atoms in total. The quantitative estimate of drug-likeness (QED) is 0.0692. The molecule has 2 saturated carbocycles. The highest BCUT2D eigenvalue weighted by Gasteiger charge is 2.36. The summed E-state index contributed by atoms with van der Waals surface area (Å²) in [7, 11) is 0.0829. The summed E-state index contributed by atoms with van der Waals surface area (Å²) in [5.41, 5.74) is 11.4. The number of amides is 4. The first-order valence-electron chi connectivity index (χ1n) is 30.6. The molecule has 6 aliphatic rings. The molecule has 0 bridgehead atoms. The third kappa shape index (κ3) is 12.1. The molecule has 85 heavy (non-hydrogen) atoms. The fourth-order valence-electron chi connectivity index (χ4n) is 14.2. The molecule has 0 spiro atoms. The second-order valence-electron chi connectivity index (χ2n) is 24.4. The number of nitrogens with zero attached hydrogens (tertiary/aromatic N) is 4. The van der Waals surface area contributed by atoms with E-state index in [1.54, 1.807) is 12.1 Å². The van der Waals surface area contributed by atoms with Crippen LogP contribution in [-0.4, -0.2) is 136 Å². The second-order valence-corrected chi connectivity index (χ2v) is 26.3. The van der Waals surface area contributed by atoms with Crippen molar-refractivity contribution in [2.75, 3.05) is 60.7 Å². The molecule has 1 unspecified atom stereocenters. The molecule has 6 heterocycles. The zero-order valence-corrected chi connectivity index (χ0v) is 50.3. The van der Waals surface area contributed by atoms with Crippen LogP contribution in [0.3, 0.4) is 0 Å². The third-order valence-corrected chi connectivity index (χ3v) is 19.7. The maximum Gasteiger partial charge on any atom is 0.337 e. The van der Waals surface area contributed by atoms with Crippen LogP contribution in [0.1, 0.15) is 146 Å². The highest BCUT2D eigenvalue weighted by atomic mass is 32.2. The van der Waals surface area contributed by atoms with Crippen LogP contribution in [0, 0.1) is 0 Å². The SMILES string of the molecule is COC(=O)c1ccc2c(C3CCCCC3)c3n(c2c1)CC(C(=O)NC1CCOCC1)=Cc1cc(OCCOc2ccc4c(c2)CC(NC(=O)N2C[C@@H](C)O[C@@H](C)C2)Cn2c-4c(C4CCCCC4)c4ccc(C(=O)NS(=O)(=O)N(C)C)cc42)ccc1-3. The van der Waals surface area contributed by atoms with Gasteiger partial charge in [-0.05, 0) is 160 Å². The summed E-state index contributed by atoms with van der Waals surface area (Å²) in [6, 6.07) is 23.0. The molecule has 19 heteroatoms. The number of fused-ring (bicyclic) bond motifs is 10. The summed E-state index contributed by atoms with van der Waals surface area (Å²) in [5, 5.41) is 8.82. The number of ether oxygens (including phenoxy) is 5. The molecule has 4 fully saturated rings. The molecule has 3 N–H and O–H groups in total. The van der Waals surface area contributed by atoms with Gasteiger partial charge in [-0.25, -0.2) is 14.3 Å². The minimum Gasteiger partial charge on any atom is -0.490 e. The number of aromatic nitrogens is 2. The average molecular weight is 1180 g/mol. The van der Waals surface area contributed by atoms with Crippen LogP contribution in [0.25, 0.3) is 50.4 Å². The Bertz CT molecular complexity index is 3690. The molecule has 0 radical (unpaired) electrons. The first-order valence-corrected chi connectivity index (χ1v) is 32.0. The molecule has 2 aliphatic carbocycles. The molecular formula is C66H79N7O11S. The fraction of sp³-hybridized carbons (Fsp3) is 0.485. The minimum atomic E-state index is -4.06. The van der Waals surface area contributed by atoms with Crippen molar-refractivity contribution in [2.24, 2.45) is 0 Å². The lowest BCUT2D eigenvalue weighted by atomic mass is 9.81. The van der Waals surface area contributed by atoms with E-state index >= 15 is 0 Å². The van der Waals surface area contributed by atoms with Crippen LogP contribution in [0.2, 0.25) is 0 Å². The van der Waals surface area contributed by atoms with Crippen LogP contribution in [0.15, 0.2) is 78.4 Å². The zero-order valence-electron chi connectivity index (χ0n) is 49.5. The van der Waals surface area contributed by atoms with Crippen molar-refractivity contribution in [3.63, 3.8) is 0 Å².